The van der Waals surface area contributed by atoms with Crippen LogP contribution >= 0.6 is 15.9 Å². The van der Waals surface area contributed by atoms with Gasteiger partial charge in [-0.05, 0) is 40.9 Å². The summed E-state index contributed by atoms with van der Waals surface area (Å²) in [4.78, 5) is 24.0. The number of hydrogen-bond donors (Lipinski definition) is 2. The minimum Gasteiger partial charge on any atom is -0.450 e. The normalized spacial score (nSPS) is 15.5. The van der Waals surface area contributed by atoms with Crippen LogP contribution in [-0.4, -0.2) is 24.4 Å². The van der Waals surface area contributed by atoms with E-state index >= 15 is 0 Å². The Morgan fingerprint density at radius 3 is 2.74 bits per heavy atom. The molecule has 0 aliphatic heterocycles. The number of amides is 2. The Morgan fingerprint density at radius 2 is 2.00 bits per heavy atom. The number of benzene rings is 1. The maximum absolute atomic E-state index is 12.1. The number of rotatable bonds is 4. The molecule has 1 aromatic heterocycles. The predicted octanol–water partition coefficient (Wildman–Crippen LogP) is 3.37. The summed E-state index contributed by atoms with van der Waals surface area (Å²) in [5.41, 5.74) is 0.629. The molecule has 0 spiro atoms. The summed E-state index contributed by atoms with van der Waals surface area (Å²) >= 11 is 3.39. The molecule has 2 amide bonds. The van der Waals surface area contributed by atoms with Gasteiger partial charge in [-0.15, -0.1) is 0 Å². The van der Waals surface area contributed by atoms with Crippen LogP contribution in [0.3, 0.4) is 0 Å². The van der Waals surface area contributed by atoms with Crippen LogP contribution in [0.25, 0.3) is 11.0 Å². The standard InChI is InChI=1S/C17H19BrN2O3/c18-13-8-4-5-11-9-14(23-16(11)13)17(22)19-10-15(21)20-12-6-2-1-3-7-12/h4-5,8-9,12H,1-3,6-7,10H2,(H,19,22)(H,20,21). The predicted molar refractivity (Wildman–Crippen MR) is 91.3 cm³/mol. The van der Waals surface area contributed by atoms with Gasteiger partial charge in [0.15, 0.2) is 5.76 Å². The summed E-state index contributed by atoms with van der Waals surface area (Å²) in [6, 6.07) is 7.52. The number of furan rings is 1. The molecule has 5 nitrogen and oxygen atoms in total. The summed E-state index contributed by atoms with van der Waals surface area (Å²) in [5, 5.41) is 6.42. The van der Waals surface area contributed by atoms with Gasteiger partial charge in [-0.25, -0.2) is 0 Å². The molecular weight excluding hydrogens is 360 g/mol. The van der Waals surface area contributed by atoms with Gasteiger partial charge >= 0.3 is 0 Å². The second kappa shape index (κ2) is 7.17. The van der Waals surface area contributed by atoms with Crippen LogP contribution in [-0.2, 0) is 4.79 Å². The number of carbonyl (C=O) groups is 2. The number of fused-ring (bicyclic) bond motifs is 1. The fourth-order valence-electron chi connectivity index (χ4n) is 2.91. The summed E-state index contributed by atoms with van der Waals surface area (Å²) in [6.45, 7) is -0.0342. The highest BCUT2D eigenvalue weighted by atomic mass is 79.9. The molecule has 1 aliphatic rings. The molecule has 1 aromatic carbocycles. The molecule has 0 bridgehead atoms. The number of halogens is 1. The molecular formula is C17H19BrN2O3. The van der Waals surface area contributed by atoms with Crippen molar-refractivity contribution in [2.45, 2.75) is 38.1 Å². The van der Waals surface area contributed by atoms with Gasteiger partial charge < -0.3 is 15.1 Å². The average Bonchev–Trinajstić information content (AvgIpc) is 2.99. The fraction of sp³-hybridized carbons (Fsp3) is 0.412. The van der Waals surface area contributed by atoms with Crippen LogP contribution in [0.5, 0.6) is 0 Å². The van der Waals surface area contributed by atoms with E-state index in [0.717, 1.165) is 35.5 Å². The van der Waals surface area contributed by atoms with Crippen molar-refractivity contribution >= 4 is 38.7 Å². The van der Waals surface area contributed by atoms with E-state index < -0.39 is 0 Å². The Labute approximate surface area is 142 Å². The average molecular weight is 379 g/mol. The zero-order chi connectivity index (χ0) is 16.2. The van der Waals surface area contributed by atoms with Crippen LogP contribution < -0.4 is 10.6 Å². The van der Waals surface area contributed by atoms with E-state index in [1.165, 1.54) is 6.42 Å². The van der Waals surface area contributed by atoms with E-state index in [1.807, 2.05) is 18.2 Å². The van der Waals surface area contributed by atoms with Crippen LogP contribution in [0.1, 0.15) is 42.7 Å². The minimum absolute atomic E-state index is 0.0342. The molecule has 122 valence electrons. The largest absolute Gasteiger partial charge is 0.450 e. The molecule has 0 unspecified atom stereocenters. The lowest BCUT2D eigenvalue weighted by atomic mass is 9.95. The van der Waals surface area contributed by atoms with E-state index in [9.17, 15) is 9.59 Å². The Kier molecular flexibility index (Phi) is 5.00. The first-order chi connectivity index (χ1) is 11.1. The van der Waals surface area contributed by atoms with E-state index in [2.05, 4.69) is 26.6 Å². The minimum atomic E-state index is -0.383. The van der Waals surface area contributed by atoms with Gasteiger partial charge in [-0.2, -0.15) is 0 Å². The summed E-state index contributed by atoms with van der Waals surface area (Å²) in [6.07, 6.45) is 5.61. The highest BCUT2D eigenvalue weighted by Crippen LogP contribution is 2.26. The van der Waals surface area contributed by atoms with Gasteiger partial charge in [0.1, 0.15) is 5.58 Å². The van der Waals surface area contributed by atoms with Crippen molar-refractivity contribution in [3.05, 3.63) is 34.5 Å². The number of para-hydroxylation sites is 1. The Hall–Kier alpha value is -1.82. The first-order valence-corrected chi connectivity index (χ1v) is 8.68. The summed E-state index contributed by atoms with van der Waals surface area (Å²) in [7, 11) is 0. The van der Waals surface area contributed by atoms with E-state index in [4.69, 9.17) is 4.42 Å². The van der Waals surface area contributed by atoms with Crippen molar-refractivity contribution in [3.63, 3.8) is 0 Å². The van der Waals surface area contributed by atoms with Crippen molar-refractivity contribution in [3.8, 4) is 0 Å². The van der Waals surface area contributed by atoms with Crippen molar-refractivity contribution in [1.82, 2.24) is 10.6 Å². The Bertz CT molecular complexity index is 720. The molecule has 0 atom stereocenters. The number of nitrogens with one attached hydrogen (secondary N) is 2. The van der Waals surface area contributed by atoms with Crippen molar-refractivity contribution < 1.29 is 14.0 Å². The first kappa shape index (κ1) is 16.1. The lowest BCUT2D eigenvalue weighted by Crippen LogP contribution is -2.42. The molecule has 1 fully saturated rings. The molecule has 1 saturated carbocycles. The van der Waals surface area contributed by atoms with Crippen LogP contribution in [0.4, 0.5) is 0 Å². The Balaban J connectivity index is 1.55. The topological polar surface area (TPSA) is 71.3 Å². The van der Waals surface area contributed by atoms with Gasteiger partial charge in [0.05, 0.1) is 11.0 Å². The third kappa shape index (κ3) is 3.93. The second-order valence-corrected chi connectivity index (χ2v) is 6.71. The first-order valence-electron chi connectivity index (χ1n) is 7.89. The highest BCUT2D eigenvalue weighted by Gasteiger charge is 2.17. The third-order valence-corrected chi connectivity index (χ3v) is 4.72. The lowest BCUT2D eigenvalue weighted by Gasteiger charge is -2.22. The fourth-order valence-corrected chi connectivity index (χ4v) is 3.38. The van der Waals surface area contributed by atoms with Gasteiger partial charge in [0.2, 0.25) is 5.91 Å². The van der Waals surface area contributed by atoms with Gasteiger partial charge in [0, 0.05) is 11.4 Å². The molecule has 1 aliphatic carbocycles. The third-order valence-electron chi connectivity index (χ3n) is 4.10. The van der Waals surface area contributed by atoms with Crippen LogP contribution in [0.15, 0.2) is 33.2 Å². The number of hydrogen-bond acceptors (Lipinski definition) is 3. The maximum atomic E-state index is 12.1. The molecule has 0 radical (unpaired) electrons. The summed E-state index contributed by atoms with van der Waals surface area (Å²) < 4.78 is 6.35. The quantitative estimate of drug-likeness (QED) is 0.856. The summed E-state index contributed by atoms with van der Waals surface area (Å²) in [5.74, 6) is -0.327. The highest BCUT2D eigenvalue weighted by molar-refractivity contribution is 9.10. The zero-order valence-electron chi connectivity index (χ0n) is 12.7. The number of carbonyl (C=O) groups excluding carboxylic acids is 2. The van der Waals surface area contributed by atoms with Crippen molar-refractivity contribution in [2.75, 3.05) is 6.54 Å². The smallest absolute Gasteiger partial charge is 0.287 e. The van der Waals surface area contributed by atoms with Crippen LogP contribution in [0, 0.1) is 0 Å². The van der Waals surface area contributed by atoms with E-state index in [-0.39, 0.29) is 30.2 Å². The molecule has 2 aromatic rings. The zero-order valence-corrected chi connectivity index (χ0v) is 14.3. The van der Waals surface area contributed by atoms with E-state index in [1.54, 1.807) is 6.07 Å². The van der Waals surface area contributed by atoms with Gasteiger partial charge in [0.25, 0.3) is 5.91 Å². The van der Waals surface area contributed by atoms with Crippen molar-refractivity contribution in [2.24, 2.45) is 0 Å². The van der Waals surface area contributed by atoms with Crippen molar-refractivity contribution in [1.29, 1.82) is 0 Å². The molecule has 3 rings (SSSR count). The maximum Gasteiger partial charge on any atom is 0.287 e. The van der Waals surface area contributed by atoms with E-state index in [0.29, 0.717) is 5.58 Å². The molecule has 2 N–H and O–H groups in total. The molecule has 23 heavy (non-hydrogen) atoms. The monoisotopic (exact) mass is 378 g/mol. The molecule has 1 heterocycles. The SMILES string of the molecule is O=C(CNC(=O)c1cc2cccc(Br)c2o1)NC1CCCCC1. The molecule has 6 heteroatoms. The van der Waals surface area contributed by atoms with Gasteiger partial charge in [-0.1, -0.05) is 31.4 Å². The Morgan fingerprint density at radius 1 is 1.22 bits per heavy atom. The van der Waals surface area contributed by atoms with Gasteiger partial charge in [-0.3, -0.25) is 9.59 Å². The molecule has 0 saturated heterocycles. The lowest BCUT2D eigenvalue weighted by molar-refractivity contribution is -0.121. The van der Waals surface area contributed by atoms with Crippen LogP contribution in [0.2, 0.25) is 0 Å². The second-order valence-electron chi connectivity index (χ2n) is 5.85.